The minimum atomic E-state index is 0.621. The van der Waals surface area contributed by atoms with Crippen molar-refractivity contribution in [3.63, 3.8) is 0 Å². The van der Waals surface area contributed by atoms with Crippen molar-refractivity contribution in [2.45, 2.75) is 20.3 Å². The fraction of sp³-hybridized carbons (Fsp3) is 0.231. The Kier molecular flexibility index (Phi) is 3.40. The Hall–Kier alpha value is -1.86. The summed E-state index contributed by atoms with van der Waals surface area (Å²) in [6, 6.07) is 8.34. The predicted molar refractivity (Wildman–Crippen MR) is 70.7 cm³/mol. The van der Waals surface area contributed by atoms with Crippen LogP contribution in [0.3, 0.4) is 0 Å². The first-order valence-electron chi connectivity index (χ1n) is 5.45. The molecule has 1 aromatic carbocycles. The summed E-state index contributed by atoms with van der Waals surface area (Å²) in [5.41, 5.74) is 5.16. The monoisotopic (exact) mass is 243 g/mol. The van der Waals surface area contributed by atoms with Crippen LogP contribution in [0.2, 0.25) is 0 Å². The average Bonchev–Trinajstić information content (AvgIpc) is 2.79. The number of hydrogen-bond donors (Lipinski definition) is 1. The molecule has 1 aromatic heterocycles. The molecule has 86 valence electrons. The minimum Gasteiger partial charge on any atom is -0.338 e. The number of anilines is 2. The molecule has 0 atom stereocenters. The minimum absolute atomic E-state index is 0.621. The van der Waals surface area contributed by atoms with Gasteiger partial charge in [-0.1, -0.05) is 25.1 Å². The highest BCUT2D eigenvalue weighted by atomic mass is 32.1. The Balaban J connectivity index is 2.40. The largest absolute Gasteiger partial charge is 0.338 e. The number of benzene rings is 1. The summed E-state index contributed by atoms with van der Waals surface area (Å²) in [6.45, 7) is 4.17. The molecular weight excluding hydrogens is 230 g/mol. The molecule has 1 N–H and O–H groups in total. The summed E-state index contributed by atoms with van der Waals surface area (Å²) >= 11 is 1.35. The smallest absolute Gasteiger partial charge is 0.159 e. The molecule has 3 nitrogen and oxygen atoms in total. The Bertz CT molecular complexity index is 566. The quantitative estimate of drug-likeness (QED) is 0.895. The molecule has 0 saturated carbocycles. The van der Waals surface area contributed by atoms with Gasteiger partial charge in [-0.2, -0.15) is 5.26 Å². The van der Waals surface area contributed by atoms with E-state index in [0.717, 1.165) is 12.1 Å². The van der Waals surface area contributed by atoms with Gasteiger partial charge >= 0.3 is 0 Å². The number of nitriles is 1. The highest BCUT2D eigenvalue weighted by Crippen LogP contribution is 2.27. The highest BCUT2D eigenvalue weighted by molar-refractivity contribution is 7.10. The highest BCUT2D eigenvalue weighted by Gasteiger charge is 2.09. The first-order valence-corrected chi connectivity index (χ1v) is 6.33. The maximum absolute atomic E-state index is 8.96. The third-order valence-corrected chi connectivity index (χ3v) is 3.38. The molecule has 0 aliphatic heterocycles. The zero-order chi connectivity index (χ0) is 12.3. The van der Waals surface area contributed by atoms with Crippen molar-refractivity contribution < 1.29 is 0 Å². The van der Waals surface area contributed by atoms with Gasteiger partial charge in [-0.25, -0.2) is 4.98 Å². The van der Waals surface area contributed by atoms with Crippen LogP contribution in [-0.4, -0.2) is 4.98 Å². The van der Waals surface area contributed by atoms with Crippen molar-refractivity contribution in [1.29, 1.82) is 5.26 Å². The molecule has 1 heterocycles. The molecule has 0 spiro atoms. The van der Waals surface area contributed by atoms with Gasteiger partial charge in [-0.05, 0) is 24.5 Å². The van der Waals surface area contributed by atoms with Crippen LogP contribution in [0.4, 0.5) is 11.5 Å². The number of aryl methyl sites for hydroxylation is 2. The first kappa shape index (κ1) is 11.6. The van der Waals surface area contributed by atoms with Gasteiger partial charge in [0, 0.05) is 5.69 Å². The van der Waals surface area contributed by atoms with Gasteiger partial charge in [0.2, 0.25) is 0 Å². The molecular formula is C13H13N3S. The maximum atomic E-state index is 8.96. The van der Waals surface area contributed by atoms with E-state index in [-0.39, 0.29) is 0 Å². The predicted octanol–water partition coefficient (Wildman–Crippen LogP) is 3.63. The summed E-state index contributed by atoms with van der Waals surface area (Å²) in [5.74, 6) is 0.654. The van der Waals surface area contributed by atoms with E-state index in [0.29, 0.717) is 10.7 Å². The second-order valence-electron chi connectivity index (χ2n) is 3.73. The van der Waals surface area contributed by atoms with Crippen LogP contribution >= 0.6 is 11.3 Å². The lowest BCUT2D eigenvalue weighted by Crippen LogP contribution is -1.99. The van der Waals surface area contributed by atoms with Gasteiger partial charge in [0.15, 0.2) is 5.82 Å². The van der Waals surface area contributed by atoms with E-state index in [1.807, 2.05) is 6.07 Å². The fourth-order valence-electron chi connectivity index (χ4n) is 1.73. The van der Waals surface area contributed by atoms with E-state index in [1.165, 1.54) is 22.5 Å². The van der Waals surface area contributed by atoms with Gasteiger partial charge in [0.1, 0.15) is 10.9 Å². The number of thiazole rings is 1. The molecule has 17 heavy (non-hydrogen) atoms. The van der Waals surface area contributed by atoms with E-state index in [9.17, 15) is 0 Å². The second-order valence-corrected chi connectivity index (χ2v) is 4.58. The van der Waals surface area contributed by atoms with E-state index >= 15 is 0 Å². The number of hydrogen-bond acceptors (Lipinski definition) is 4. The number of rotatable bonds is 3. The third kappa shape index (κ3) is 2.29. The summed E-state index contributed by atoms with van der Waals surface area (Å²) in [6.07, 6.45) is 0.954. The molecule has 0 fully saturated rings. The van der Waals surface area contributed by atoms with Crippen LogP contribution in [0.25, 0.3) is 0 Å². The van der Waals surface area contributed by atoms with E-state index < -0.39 is 0 Å². The van der Waals surface area contributed by atoms with E-state index in [4.69, 9.17) is 5.26 Å². The molecule has 0 unspecified atom stereocenters. The summed E-state index contributed by atoms with van der Waals surface area (Å²) in [7, 11) is 0. The van der Waals surface area contributed by atoms with Crippen LogP contribution in [0.1, 0.15) is 22.9 Å². The first-order chi connectivity index (χ1) is 8.26. The van der Waals surface area contributed by atoms with Crippen LogP contribution in [0.15, 0.2) is 23.7 Å². The molecule has 0 bridgehead atoms. The topological polar surface area (TPSA) is 48.7 Å². The van der Waals surface area contributed by atoms with Crippen molar-refractivity contribution in [1.82, 2.24) is 4.98 Å². The Morgan fingerprint density at radius 3 is 3.00 bits per heavy atom. The van der Waals surface area contributed by atoms with Gasteiger partial charge in [-0.3, -0.25) is 0 Å². The second kappa shape index (κ2) is 4.98. The van der Waals surface area contributed by atoms with Crippen LogP contribution in [0, 0.1) is 18.3 Å². The lowest BCUT2D eigenvalue weighted by atomic mass is 10.1. The van der Waals surface area contributed by atoms with Crippen LogP contribution in [-0.2, 0) is 6.42 Å². The molecule has 0 amide bonds. The standard InChI is InChI=1S/C13H13N3S/c1-3-10-6-4-5-9(2)12(10)16-13-11(7-14)17-8-15-13/h4-6,8,16H,3H2,1-2H3. The molecule has 0 saturated heterocycles. The Morgan fingerprint density at radius 2 is 2.29 bits per heavy atom. The molecule has 0 aliphatic carbocycles. The number of para-hydroxylation sites is 1. The van der Waals surface area contributed by atoms with Crippen molar-refractivity contribution in [2.24, 2.45) is 0 Å². The van der Waals surface area contributed by atoms with E-state index in [2.05, 4.69) is 42.4 Å². The van der Waals surface area contributed by atoms with Crippen molar-refractivity contribution in [3.8, 4) is 6.07 Å². The van der Waals surface area contributed by atoms with Crippen LogP contribution < -0.4 is 5.32 Å². The lowest BCUT2D eigenvalue weighted by Gasteiger charge is -2.12. The molecule has 4 heteroatoms. The Labute approximate surface area is 105 Å². The van der Waals surface area contributed by atoms with Crippen LogP contribution in [0.5, 0.6) is 0 Å². The zero-order valence-electron chi connectivity index (χ0n) is 9.82. The Morgan fingerprint density at radius 1 is 1.47 bits per heavy atom. The number of nitrogens with one attached hydrogen (secondary N) is 1. The average molecular weight is 243 g/mol. The summed E-state index contributed by atoms with van der Waals surface area (Å²) < 4.78 is 0. The SMILES string of the molecule is CCc1cccc(C)c1Nc1ncsc1C#N. The molecule has 2 rings (SSSR count). The van der Waals surface area contributed by atoms with Crippen molar-refractivity contribution in [2.75, 3.05) is 5.32 Å². The third-order valence-electron chi connectivity index (χ3n) is 2.65. The van der Waals surface area contributed by atoms with Crippen molar-refractivity contribution in [3.05, 3.63) is 39.7 Å². The van der Waals surface area contributed by atoms with Gasteiger partial charge in [0.05, 0.1) is 5.51 Å². The molecule has 2 aromatic rings. The lowest BCUT2D eigenvalue weighted by molar-refractivity contribution is 1.13. The van der Waals surface area contributed by atoms with Gasteiger partial charge < -0.3 is 5.32 Å². The molecule has 0 aliphatic rings. The van der Waals surface area contributed by atoms with Crippen molar-refractivity contribution >= 4 is 22.8 Å². The number of aromatic nitrogens is 1. The number of nitrogens with zero attached hydrogens (tertiary/aromatic N) is 2. The zero-order valence-corrected chi connectivity index (χ0v) is 10.6. The summed E-state index contributed by atoms with van der Waals surface area (Å²) in [5, 5.41) is 12.2. The molecule has 0 radical (unpaired) electrons. The normalized spacial score (nSPS) is 9.94. The fourth-order valence-corrected chi connectivity index (χ4v) is 2.27. The van der Waals surface area contributed by atoms with E-state index in [1.54, 1.807) is 5.51 Å². The maximum Gasteiger partial charge on any atom is 0.159 e. The summed E-state index contributed by atoms with van der Waals surface area (Å²) in [4.78, 5) is 4.80. The van der Waals surface area contributed by atoms with Gasteiger partial charge in [-0.15, -0.1) is 11.3 Å². The van der Waals surface area contributed by atoms with Gasteiger partial charge in [0.25, 0.3) is 0 Å².